The number of aromatic carboxylic acids is 1. The zero-order valence-corrected chi connectivity index (χ0v) is 16.4. The molecule has 0 bridgehead atoms. The summed E-state index contributed by atoms with van der Waals surface area (Å²) in [4.78, 5) is 29.9. The molecule has 6 heteroatoms. The topological polar surface area (TPSA) is 82.5 Å². The van der Waals surface area contributed by atoms with Crippen LogP contribution in [0.4, 0.5) is 5.69 Å². The molecule has 1 amide bonds. The molecule has 0 spiro atoms. The standard InChI is InChI=1S/C22H23N3O3/c1-13-9-19(15-6-5-7-16(10-15)22(27)28)23-20-11-18(14(2)8-17(13)20)24-21(26)12-25(3)4/h5-11H,12H2,1-4H3,(H,24,26)(H,27,28). The third-order valence-corrected chi connectivity index (χ3v) is 4.50. The van der Waals surface area contributed by atoms with E-state index in [1.165, 1.54) is 0 Å². The largest absolute Gasteiger partial charge is 0.478 e. The number of carbonyl (C=O) groups is 2. The first-order valence-corrected chi connectivity index (χ1v) is 8.95. The van der Waals surface area contributed by atoms with Crippen LogP contribution < -0.4 is 5.32 Å². The predicted octanol–water partition coefficient (Wildman–Crippen LogP) is 3.72. The number of carboxylic acid groups (broad SMARTS) is 1. The molecule has 0 saturated carbocycles. The van der Waals surface area contributed by atoms with Gasteiger partial charge in [0.2, 0.25) is 5.91 Å². The number of nitrogens with one attached hydrogen (secondary N) is 1. The Morgan fingerprint density at radius 1 is 1.07 bits per heavy atom. The van der Waals surface area contributed by atoms with E-state index in [0.29, 0.717) is 12.2 Å². The van der Waals surface area contributed by atoms with Gasteiger partial charge in [-0.2, -0.15) is 0 Å². The molecule has 1 heterocycles. The fourth-order valence-electron chi connectivity index (χ4n) is 3.12. The van der Waals surface area contributed by atoms with E-state index in [9.17, 15) is 14.7 Å². The van der Waals surface area contributed by atoms with Gasteiger partial charge in [0.15, 0.2) is 0 Å². The number of pyridine rings is 1. The number of aryl methyl sites for hydroxylation is 2. The van der Waals surface area contributed by atoms with Crippen molar-refractivity contribution in [2.75, 3.05) is 26.0 Å². The molecule has 0 aliphatic heterocycles. The fourth-order valence-corrected chi connectivity index (χ4v) is 3.12. The van der Waals surface area contributed by atoms with Crippen molar-refractivity contribution in [1.82, 2.24) is 9.88 Å². The molecule has 3 aromatic rings. The van der Waals surface area contributed by atoms with E-state index in [1.54, 1.807) is 18.2 Å². The van der Waals surface area contributed by atoms with Gasteiger partial charge in [0.1, 0.15) is 0 Å². The molecular weight excluding hydrogens is 354 g/mol. The lowest BCUT2D eigenvalue weighted by atomic mass is 10.0. The molecular formula is C22H23N3O3. The van der Waals surface area contributed by atoms with Crippen molar-refractivity contribution in [2.24, 2.45) is 0 Å². The lowest BCUT2D eigenvalue weighted by Crippen LogP contribution is -2.27. The monoisotopic (exact) mass is 377 g/mol. The Bertz CT molecular complexity index is 1070. The van der Waals surface area contributed by atoms with E-state index in [-0.39, 0.29) is 11.5 Å². The molecule has 0 unspecified atom stereocenters. The number of aromatic nitrogens is 1. The summed E-state index contributed by atoms with van der Waals surface area (Å²) >= 11 is 0. The number of nitrogens with zero attached hydrogens (tertiary/aromatic N) is 2. The number of anilines is 1. The highest BCUT2D eigenvalue weighted by atomic mass is 16.4. The highest BCUT2D eigenvalue weighted by molar-refractivity contribution is 5.97. The summed E-state index contributed by atoms with van der Waals surface area (Å²) in [5, 5.41) is 13.2. The molecule has 0 radical (unpaired) electrons. The third kappa shape index (κ3) is 4.18. The molecule has 0 atom stereocenters. The van der Waals surface area contributed by atoms with Gasteiger partial charge in [-0.3, -0.25) is 4.79 Å². The quantitative estimate of drug-likeness (QED) is 0.708. The maximum Gasteiger partial charge on any atom is 0.335 e. The van der Waals surface area contributed by atoms with Gasteiger partial charge < -0.3 is 15.3 Å². The van der Waals surface area contributed by atoms with Crippen LogP contribution in [0.15, 0.2) is 42.5 Å². The summed E-state index contributed by atoms with van der Waals surface area (Å²) in [5.41, 5.74) is 5.13. The van der Waals surface area contributed by atoms with E-state index in [0.717, 1.165) is 33.3 Å². The highest BCUT2D eigenvalue weighted by Gasteiger charge is 2.12. The number of amides is 1. The number of rotatable bonds is 5. The maximum atomic E-state index is 12.1. The average molecular weight is 377 g/mol. The van der Waals surface area contributed by atoms with Gasteiger partial charge in [-0.05, 0) is 69.4 Å². The summed E-state index contributed by atoms with van der Waals surface area (Å²) in [5.74, 6) is -1.06. The molecule has 28 heavy (non-hydrogen) atoms. The second-order valence-corrected chi connectivity index (χ2v) is 7.18. The lowest BCUT2D eigenvalue weighted by Gasteiger charge is -2.14. The number of carbonyl (C=O) groups excluding carboxylic acids is 1. The minimum Gasteiger partial charge on any atom is -0.478 e. The maximum absolute atomic E-state index is 12.1. The van der Waals surface area contributed by atoms with Gasteiger partial charge in [-0.25, -0.2) is 9.78 Å². The van der Waals surface area contributed by atoms with Crippen LogP contribution in [0.1, 0.15) is 21.5 Å². The first-order chi connectivity index (χ1) is 13.2. The molecule has 1 aromatic heterocycles. The van der Waals surface area contributed by atoms with Crippen LogP contribution in [0.2, 0.25) is 0 Å². The summed E-state index contributed by atoms with van der Waals surface area (Å²) in [6.07, 6.45) is 0. The molecule has 0 fully saturated rings. The number of hydrogen-bond donors (Lipinski definition) is 2. The van der Waals surface area contributed by atoms with Crippen LogP contribution in [-0.4, -0.2) is 47.5 Å². The number of carboxylic acids is 1. The molecule has 0 aliphatic rings. The molecule has 2 aromatic carbocycles. The van der Waals surface area contributed by atoms with E-state index in [4.69, 9.17) is 4.98 Å². The first kappa shape index (κ1) is 19.5. The van der Waals surface area contributed by atoms with E-state index in [1.807, 2.05) is 57.1 Å². The Hall–Kier alpha value is -3.25. The summed E-state index contributed by atoms with van der Waals surface area (Å²) in [7, 11) is 3.69. The van der Waals surface area contributed by atoms with Gasteiger partial charge in [0, 0.05) is 16.6 Å². The lowest BCUT2D eigenvalue weighted by molar-refractivity contribution is -0.116. The van der Waals surface area contributed by atoms with Gasteiger partial charge in [-0.1, -0.05) is 12.1 Å². The number of hydrogen-bond acceptors (Lipinski definition) is 4. The second kappa shape index (κ2) is 7.78. The SMILES string of the molecule is Cc1cc2c(C)cc(-c3cccc(C(=O)O)c3)nc2cc1NC(=O)CN(C)C. The van der Waals surface area contributed by atoms with Gasteiger partial charge >= 0.3 is 5.97 Å². The highest BCUT2D eigenvalue weighted by Crippen LogP contribution is 2.29. The molecule has 0 aliphatic carbocycles. The molecule has 6 nitrogen and oxygen atoms in total. The normalized spacial score (nSPS) is 11.0. The van der Waals surface area contributed by atoms with Crippen LogP contribution in [0.3, 0.4) is 0 Å². The van der Waals surface area contributed by atoms with Crippen molar-refractivity contribution >= 4 is 28.5 Å². The van der Waals surface area contributed by atoms with Crippen molar-refractivity contribution in [3.05, 3.63) is 59.2 Å². The molecule has 3 rings (SSSR count). The Kier molecular flexibility index (Phi) is 5.42. The zero-order valence-electron chi connectivity index (χ0n) is 16.4. The zero-order chi connectivity index (χ0) is 20.4. The average Bonchev–Trinajstić information content (AvgIpc) is 2.62. The van der Waals surface area contributed by atoms with Crippen LogP contribution >= 0.6 is 0 Å². The minimum atomic E-state index is -0.971. The van der Waals surface area contributed by atoms with Crippen LogP contribution in [-0.2, 0) is 4.79 Å². The third-order valence-electron chi connectivity index (χ3n) is 4.50. The Morgan fingerprint density at radius 3 is 2.50 bits per heavy atom. The van der Waals surface area contributed by atoms with E-state index in [2.05, 4.69) is 5.32 Å². The number of likely N-dealkylation sites (N-methyl/N-ethyl adjacent to an activating group) is 1. The van der Waals surface area contributed by atoms with Crippen LogP contribution in [0, 0.1) is 13.8 Å². The van der Waals surface area contributed by atoms with E-state index >= 15 is 0 Å². The van der Waals surface area contributed by atoms with Crippen LogP contribution in [0.25, 0.3) is 22.2 Å². The summed E-state index contributed by atoms with van der Waals surface area (Å²) < 4.78 is 0. The summed E-state index contributed by atoms with van der Waals surface area (Å²) in [6, 6.07) is 12.6. The van der Waals surface area contributed by atoms with Crippen molar-refractivity contribution in [3.63, 3.8) is 0 Å². The van der Waals surface area contributed by atoms with E-state index < -0.39 is 5.97 Å². The minimum absolute atomic E-state index is 0.0884. The van der Waals surface area contributed by atoms with Gasteiger partial charge in [0.25, 0.3) is 0 Å². The fraction of sp³-hybridized carbons (Fsp3) is 0.227. The molecule has 144 valence electrons. The van der Waals surface area contributed by atoms with Crippen LogP contribution in [0.5, 0.6) is 0 Å². The Balaban J connectivity index is 2.06. The Morgan fingerprint density at radius 2 is 1.82 bits per heavy atom. The predicted molar refractivity (Wildman–Crippen MR) is 111 cm³/mol. The smallest absolute Gasteiger partial charge is 0.335 e. The second-order valence-electron chi connectivity index (χ2n) is 7.18. The number of benzene rings is 2. The number of fused-ring (bicyclic) bond motifs is 1. The van der Waals surface area contributed by atoms with Gasteiger partial charge in [-0.15, -0.1) is 0 Å². The van der Waals surface area contributed by atoms with Crippen molar-refractivity contribution < 1.29 is 14.7 Å². The summed E-state index contributed by atoms with van der Waals surface area (Å²) in [6.45, 7) is 4.25. The Labute approximate surface area is 163 Å². The van der Waals surface area contributed by atoms with Crippen molar-refractivity contribution in [3.8, 4) is 11.3 Å². The molecule has 0 saturated heterocycles. The van der Waals surface area contributed by atoms with Crippen molar-refractivity contribution in [1.29, 1.82) is 0 Å². The van der Waals surface area contributed by atoms with Gasteiger partial charge in [0.05, 0.1) is 23.3 Å². The first-order valence-electron chi connectivity index (χ1n) is 8.95. The molecule has 2 N–H and O–H groups in total. The van der Waals surface area contributed by atoms with Crippen molar-refractivity contribution in [2.45, 2.75) is 13.8 Å².